The van der Waals surface area contributed by atoms with Gasteiger partial charge in [-0.2, -0.15) is 0 Å². The number of hydrogen-bond acceptors (Lipinski definition) is 3. The molecule has 2 N–H and O–H groups in total. The molecule has 0 radical (unpaired) electrons. The molecule has 3 atom stereocenters. The molecule has 100 valence electrons. The van der Waals surface area contributed by atoms with Gasteiger partial charge in [-0.1, -0.05) is 30.3 Å². The highest BCUT2D eigenvalue weighted by Gasteiger charge is 2.53. The van der Waals surface area contributed by atoms with Crippen molar-refractivity contribution in [2.24, 2.45) is 16.6 Å². The van der Waals surface area contributed by atoms with Crippen LogP contribution in [0.3, 0.4) is 0 Å². The lowest BCUT2D eigenvalue weighted by molar-refractivity contribution is -0.128. The van der Waals surface area contributed by atoms with Gasteiger partial charge in [0.2, 0.25) is 5.91 Å². The monoisotopic (exact) mass is 257 g/mol. The quantitative estimate of drug-likeness (QED) is 0.877. The Morgan fingerprint density at radius 2 is 2.05 bits per heavy atom. The first-order valence-corrected chi connectivity index (χ1v) is 6.68. The summed E-state index contributed by atoms with van der Waals surface area (Å²) < 4.78 is 0. The number of amides is 1. The maximum atomic E-state index is 12.0. The van der Waals surface area contributed by atoms with Gasteiger partial charge in [-0.25, -0.2) is 4.99 Å². The minimum absolute atomic E-state index is 0.0636. The highest BCUT2D eigenvalue weighted by molar-refractivity contribution is 5.98. The lowest BCUT2D eigenvalue weighted by atomic mass is 9.88. The summed E-state index contributed by atoms with van der Waals surface area (Å²) in [6.07, 6.45) is 1.55. The molecule has 0 aromatic heterocycles. The molecule has 1 aromatic carbocycles. The lowest BCUT2D eigenvalue weighted by Crippen LogP contribution is -2.49. The zero-order valence-corrected chi connectivity index (χ0v) is 11.3. The van der Waals surface area contributed by atoms with E-state index in [2.05, 4.69) is 36.2 Å². The predicted molar refractivity (Wildman–Crippen MR) is 74.7 cm³/mol. The zero-order valence-electron chi connectivity index (χ0n) is 11.3. The molecule has 0 saturated heterocycles. The third-order valence-electron chi connectivity index (χ3n) is 4.41. The summed E-state index contributed by atoms with van der Waals surface area (Å²) in [5.41, 5.74) is 6.85. The zero-order chi connectivity index (χ0) is 13.6. The summed E-state index contributed by atoms with van der Waals surface area (Å²) in [6.45, 7) is 2.05. The number of carbonyl (C=O) groups excluding carboxylic acids is 1. The lowest BCUT2D eigenvalue weighted by Gasteiger charge is -2.33. The largest absolute Gasteiger partial charge is 0.369 e. The average molecular weight is 257 g/mol. The first kappa shape index (κ1) is 12.2. The smallest absolute Gasteiger partial charge is 0.231 e. The number of guanidine groups is 1. The highest BCUT2D eigenvalue weighted by Crippen LogP contribution is 2.56. The van der Waals surface area contributed by atoms with Gasteiger partial charge in [-0.05, 0) is 30.7 Å². The standard InChI is InChI=1S/C15H19N3O/c1-15(9-13(19)18(2)14(16)17-15)12-8-11(12)10-6-4-3-5-7-10/h3-7,11-12H,8-9H2,1-2H3,(H2,16,17)/t11-,12+,15-/m1/s1. The Labute approximate surface area is 113 Å². The summed E-state index contributed by atoms with van der Waals surface area (Å²) in [5, 5.41) is 0. The van der Waals surface area contributed by atoms with Gasteiger partial charge >= 0.3 is 0 Å². The van der Waals surface area contributed by atoms with E-state index < -0.39 is 0 Å². The molecule has 4 heteroatoms. The van der Waals surface area contributed by atoms with Gasteiger partial charge in [0, 0.05) is 7.05 Å². The van der Waals surface area contributed by atoms with Crippen LogP contribution in [0.1, 0.15) is 31.2 Å². The van der Waals surface area contributed by atoms with Gasteiger partial charge in [0.05, 0.1) is 12.0 Å². The number of nitrogens with zero attached hydrogens (tertiary/aromatic N) is 2. The molecule has 1 saturated carbocycles. The second-order valence-electron chi connectivity index (χ2n) is 5.82. The Hall–Kier alpha value is -1.84. The van der Waals surface area contributed by atoms with Crippen molar-refractivity contribution in [2.75, 3.05) is 7.05 Å². The highest BCUT2D eigenvalue weighted by atomic mass is 16.2. The molecule has 4 nitrogen and oxygen atoms in total. The number of rotatable bonds is 2. The van der Waals surface area contributed by atoms with Crippen LogP contribution >= 0.6 is 0 Å². The van der Waals surface area contributed by atoms with Crippen molar-refractivity contribution >= 4 is 11.9 Å². The van der Waals surface area contributed by atoms with Crippen LogP contribution in [0.4, 0.5) is 0 Å². The van der Waals surface area contributed by atoms with Gasteiger partial charge in [0.1, 0.15) is 0 Å². The molecular formula is C15H19N3O. The van der Waals surface area contributed by atoms with Crippen molar-refractivity contribution < 1.29 is 4.79 Å². The normalized spacial score (nSPS) is 34.1. The molecule has 3 rings (SSSR count). The average Bonchev–Trinajstić information content (AvgIpc) is 3.18. The van der Waals surface area contributed by atoms with Crippen molar-refractivity contribution in [3.8, 4) is 0 Å². The molecule has 1 aliphatic heterocycles. The molecule has 1 heterocycles. The molecule has 0 spiro atoms. The summed E-state index contributed by atoms with van der Waals surface area (Å²) in [6, 6.07) is 10.4. The third-order valence-corrected chi connectivity index (χ3v) is 4.41. The second kappa shape index (κ2) is 4.08. The van der Waals surface area contributed by atoms with E-state index in [0.29, 0.717) is 24.2 Å². The Morgan fingerprint density at radius 3 is 2.68 bits per heavy atom. The first-order chi connectivity index (χ1) is 9.01. The van der Waals surface area contributed by atoms with Crippen LogP contribution in [-0.4, -0.2) is 29.4 Å². The molecule has 1 aromatic rings. The van der Waals surface area contributed by atoms with Crippen LogP contribution in [0, 0.1) is 5.92 Å². The Kier molecular flexibility index (Phi) is 2.62. The fourth-order valence-corrected chi connectivity index (χ4v) is 3.09. The van der Waals surface area contributed by atoms with E-state index in [9.17, 15) is 4.79 Å². The van der Waals surface area contributed by atoms with Crippen LogP contribution in [0.25, 0.3) is 0 Å². The van der Waals surface area contributed by atoms with E-state index >= 15 is 0 Å². The van der Waals surface area contributed by atoms with Crippen molar-refractivity contribution in [3.05, 3.63) is 35.9 Å². The molecule has 0 unspecified atom stereocenters. The molecule has 1 amide bonds. The van der Waals surface area contributed by atoms with E-state index in [-0.39, 0.29) is 11.4 Å². The van der Waals surface area contributed by atoms with Crippen LogP contribution in [0.2, 0.25) is 0 Å². The van der Waals surface area contributed by atoms with Gasteiger partial charge in [0.25, 0.3) is 0 Å². The van der Waals surface area contributed by atoms with Crippen LogP contribution in [0.15, 0.2) is 35.3 Å². The van der Waals surface area contributed by atoms with E-state index in [1.165, 1.54) is 10.5 Å². The van der Waals surface area contributed by atoms with Crippen molar-refractivity contribution in [1.29, 1.82) is 0 Å². The second-order valence-corrected chi connectivity index (χ2v) is 5.82. The number of benzene rings is 1. The summed E-state index contributed by atoms with van der Waals surface area (Å²) in [4.78, 5) is 18.0. The maximum Gasteiger partial charge on any atom is 0.231 e. The van der Waals surface area contributed by atoms with Gasteiger partial charge in [0.15, 0.2) is 5.96 Å². The SMILES string of the molecule is CN1C(=O)C[C@](C)([C@H]2C[C@@H]2c2ccccc2)N=C1N. The minimum Gasteiger partial charge on any atom is -0.369 e. The third kappa shape index (κ3) is 2.01. The number of carbonyl (C=O) groups is 1. The number of nitrogens with two attached hydrogens (primary N) is 1. The molecule has 19 heavy (non-hydrogen) atoms. The van der Waals surface area contributed by atoms with Crippen molar-refractivity contribution in [2.45, 2.75) is 31.2 Å². The van der Waals surface area contributed by atoms with E-state index in [1.54, 1.807) is 7.05 Å². The Bertz CT molecular complexity index is 540. The Morgan fingerprint density at radius 1 is 1.37 bits per heavy atom. The minimum atomic E-state index is -0.339. The van der Waals surface area contributed by atoms with E-state index in [4.69, 9.17) is 5.73 Å². The van der Waals surface area contributed by atoms with Gasteiger partial charge in [-0.15, -0.1) is 0 Å². The van der Waals surface area contributed by atoms with Crippen LogP contribution < -0.4 is 5.73 Å². The van der Waals surface area contributed by atoms with Gasteiger partial charge < -0.3 is 5.73 Å². The number of hydrogen-bond donors (Lipinski definition) is 1. The molecule has 1 aliphatic carbocycles. The van der Waals surface area contributed by atoms with Crippen molar-refractivity contribution in [1.82, 2.24) is 4.90 Å². The van der Waals surface area contributed by atoms with Crippen molar-refractivity contribution in [3.63, 3.8) is 0 Å². The fourth-order valence-electron chi connectivity index (χ4n) is 3.09. The molecular weight excluding hydrogens is 238 g/mol. The predicted octanol–water partition coefficient (Wildman–Crippen LogP) is 1.73. The van der Waals surface area contributed by atoms with Crippen LogP contribution in [0.5, 0.6) is 0 Å². The summed E-state index contributed by atoms with van der Waals surface area (Å²) in [7, 11) is 1.68. The summed E-state index contributed by atoms with van der Waals surface area (Å²) in [5.74, 6) is 1.34. The van der Waals surface area contributed by atoms with Crippen LogP contribution in [-0.2, 0) is 4.79 Å². The molecule has 1 fully saturated rings. The van der Waals surface area contributed by atoms with E-state index in [0.717, 1.165) is 6.42 Å². The molecule has 0 bridgehead atoms. The first-order valence-electron chi connectivity index (χ1n) is 6.68. The van der Waals surface area contributed by atoms with Gasteiger partial charge in [-0.3, -0.25) is 9.69 Å². The summed E-state index contributed by atoms with van der Waals surface area (Å²) >= 11 is 0. The fraction of sp³-hybridized carbons (Fsp3) is 0.467. The van der Waals surface area contributed by atoms with E-state index in [1.807, 2.05) is 6.07 Å². The number of aliphatic imine (C=N–C) groups is 1. The molecule has 2 aliphatic rings. The maximum absolute atomic E-state index is 12.0. The topological polar surface area (TPSA) is 58.7 Å². The Balaban J connectivity index is 1.83.